The van der Waals surface area contributed by atoms with Crippen molar-refractivity contribution in [3.05, 3.63) is 41.9 Å². The van der Waals surface area contributed by atoms with Crippen LogP contribution in [-0.4, -0.2) is 26.0 Å². The minimum absolute atomic E-state index is 0.0965. The molecule has 0 fully saturated rings. The van der Waals surface area contributed by atoms with Gasteiger partial charge < -0.3 is 15.1 Å². The van der Waals surface area contributed by atoms with Crippen LogP contribution in [0.25, 0.3) is 22.3 Å². The van der Waals surface area contributed by atoms with Crippen molar-refractivity contribution in [1.29, 1.82) is 0 Å². The molecular formula is C13H11N3O2. The first kappa shape index (κ1) is 10.6. The van der Waals surface area contributed by atoms with E-state index in [1.54, 1.807) is 0 Å². The van der Waals surface area contributed by atoms with E-state index in [2.05, 4.69) is 15.0 Å². The van der Waals surface area contributed by atoms with Gasteiger partial charge in [0.2, 0.25) is 0 Å². The zero-order chi connectivity index (χ0) is 12.7. The number of aromatic carboxylic acids is 1. The second kappa shape index (κ2) is 3.73. The molecule has 1 aromatic carbocycles. The lowest BCUT2D eigenvalue weighted by Crippen LogP contribution is -1.99. The molecule has 0 aliphatic carbocycles. The van der Waals surface area contributed by atoms with Crippen LogP contribution in [0.15, 0.2) is 30.6 Å². The molecule has 3 aromatic rings. The van der Waals surface area contributed by atoms with Crippen molar-refractivity contribution < 1.29 is 9.90 Å². The third-order valence-corrected chi connectivity index (χ3v) is 2.99. The minimum atomic E-state index is -1.02. The second-order valence-corrected chi connectivity index (χ2v) is 4.15. The number of nitrogens with zero attached hydrogens (tertiary/aromatic N) is 1. The van der Waals surface area contributed by atoms with Crippen LogP contribution in [0.1, 0.15) is 16.1 Å². The number of carbonyl (C=O) groups is 1. The molecule has 0 saturated carbocycles. The Morgan fingerprint density at radius 1 is 1.39 bits per heavy atom. The fraction of sp³-hybridized carbons (Fsp3) is 0.0769. The normalized spacial score (nSPS) is 10.9. The smallest absolute Gasteiger partial charge is 0.354 e. The third-order valence-electron chi connectivity index (χ3n) is 2.99. The Bertz CT molecular complexity index is 740. The summed E-state index contributed by atoms with van der Waals surface area (Å²) in [5, 5.41) is 10.1. The summed E-state index contributed by atoms with van der Waals surface area (Å²) in [4.78, 5) is 20.9. The Balaban J connectivity index is 2.23. The van der Waals surface area contributed by atoms with Crippen LogP contribution in [0, 0.1) is 6.92 Å². The molecule has 3 N–H and O–H groups in total. The number of aromatic amines is 2. The lowest BCUT2D eigenvalue weighted by atomic mass is 10.1. The molecule has 5 heteroatoms. The second-order valence-electron chi connectivity index (χ2n) is 4.15. The number of fused-ring (bicyclic) bond motifs is 1. The summed E-state index contributed by atoms with van der Waals surface area (Å²) in [7, 11) is 0. The maximum Gasteiger partial charge on any atom is 0.354 e. The molecule has 0 spiro atoms. The van der Waals surface area contributed by atoms with Gasteiger partial charge in [-0.15, -0.1) is 0 Å². The molecule has 2 aromatic heterocycles. The number of imidazole rings is 1. The Morgan fingerprint density at radius 3 is 2.94 bits per heavy atom. The lowest BCUT2D eigenvalue weighted by molar-refractivity contribution is 0.0692. The number of nitrogens with one attached hydrogen (secondary N) is 2. The van der Waals surface area contributed by atoms with Crippen molar-refractivity contribution in [2.75, 3.05) is 0 Å². The number of aryl methyl sites for hydroxylation is 1. The number of carboxylic acid groups (broad SMARTS) is 1. The summed E-state index contributed by atoms with van der Waals surface area (Å²) in [5.74, 6) is -1.02. The molecule has 0 aliphatic rings. The predicted octanol–water partition coefficient (Wildman–Crippen LogP) is 2.56. The largest absolute Gasteiger partial charge is 0.477 e. The van der Waals surface area contributed by atoms with Gasteiger partial charge in [0.1, 0.15) is 5.69 Å². The first-order valence-electron chi connectivity index (χ1n) is 5.52. The molecule has 0 aliphatic heterocycles. The van der Waals surface area contributed by atoms with Crippen molar-refractivity contribution in [1.82, 2.24) is 15.0 Å². The molecular weight excluding hydrogens is 230 g/mol. The minimum Gasteiger partial charge on any atom is -0.477 e. The predicted molar refractivity (Wildman–Crippen MR) is 67.6 cm³/mol. The van der Waals surface area contributed by atoms with Gasteiger partial charge in [0.05, 0.1) is 12.0 Å². The van der Waals surface area contributed by atoms with Gasteiger partial charge >= 0.3 is 5.97 Å². The van der Waals surface area contributed by atoms with E-state index in [-0.39, 0.29) is 5.69 Å². The third kappa shape index (κ3) is 1.48. The Labute approximate surface area is 102 Å². The molecule has 0 bridgehead atoms. The zero-order valence-corrected chi connectivity index (χ0v) is 9.69. The van der Waals surface area contributed by atoms with E-state index in [1.807, 2.05) is 31.2 Å². The fourth-order valence-electron chi connectivity index (χ4n) is 2.10. The molecule has 0 atom stereocenters. The van der Waals surface area contributed by atoms with E-state index >= 15 is 0 Å². The van der Waals surface area contributed by atoms with E-state index in [9.17, 15) is 4.79 Å². The van der Waals surface area contributed by atoms with E-state index in [1.165, 1.54) is 6.33 Å². The van der Waals surface area contributed by atoms with Crippen molar-refractivity contribution in [3.63, 3.8) is 0 Å². The van der Waals surface area contributed by atoms with E-state index in [0.717, 1.165) is 16.5 Å². The topological polar surface area (TPSA) is 81.8 Å². The Kier molecular flexibility index (Phi) is 2.19. The number of rotatable bonds is 2. The molecule has 18 heavy (non-hydrogen) atoms. The summed E-state index contributed by atoms with van der Waals surface area (Å²) in [6, 6.07) is 7.86. The standard InChI is InChI=1S/C13H11N3O2/c1-7-3-2-4-9-8(7)5-10(16-9)11-12(13(17)18)15-6-14-11/h2-6,16H,1H3,(H,14,15)(H,17,18). The maximum atomic E-state index is 11.1. The molecule has 0 saturated heterocycles. The van der Waals surface area contributed by atoms with Crippen LogP contribution >= 0.6 is 0 Å². The first-order valence-corrected chi connectivity index (χ1v) is 5.52. The van der Waals surface area contributed by atoms with Gasteiger partial charge in [-0.25, -0.2) is 9.78 Å². The van der Waals surface area contributed by atoms with Crippen molar-refractivity contribution >= 4 is 16.9 Å². The van der Waals surface area contributed by atoms with Gasteiger partial charge in [-0.3, -0.25) is 0 Å². The quantitative estimate of drug-likeness (QED) is 0.644. The van der Waals surface area contributed by atoms with Crippen LogP contribution in [-0.2, 0) is 0 Å². The number of hydrogen-bond acceptors (Lipinski definition) is 2. The van der Waals surface area contributed by atoms with Crippen LogP contribution < -0.4 is 0 Å². The van der Waals surface area contributed by atoms with Gasteiger partial charge in [-0.1, -0.05) is 12.1 Å². The highest BCUT2D eigenvalue weighted by Gasteiger charge is 2.16. The Hall–Kier alpha value is -2.56. The highest BCUT2D eigenvalue weighted by Crippen LogP contribution is 2.26. The number of carboxylic acids is 1. The monoisotopic (exact) mass is 241 g/mol. The SMILES string of the molecule is Cc1cccc2[nH]c(-c3nc[nH]c3C(=O)O)cc12. The molecule has 0 amide bonds. The van der Waals surface area contributed by atoms with E-state index in [4.69, 9.17) is 5.11 Å². The maximum absolute atomic E-state index is 11.1. The van der Waals surface area contributed by atoms with Crippen molar-refractivity contribution in [2.24, 2.45) is 0 Å². The van der Waals surface area contributed by atoms with Gasteiger partial charge in [0.25, 0.3) is 0 Å². The number of benzene rings is 1. The number of aromatic nitrogens is 3. The van der Waals surface area contributed by atoms with Crippen molar-refractivity contribution in [2.45, 2.75) is 6.92 Å². The average molecular weight is 241 g/mol. The molecule has 90 valence electrons. The van der Waals surface area contributed by atoms with Gasteiger partial charge in [-0.05, 0) is 24.6 Å². The summed E-state index contributed by atoms with van der Waals surface area (Å²) in [5.41, 5.74) is 3.35. The van der Waals surface area contributed by atoms with Crippen LogP contribution in [0.5, 0.6) is 0 Å². The highest BCUT2D eigenvalue weighted by molar-refractivity contribution is 5.95. The molecule has 3 rings (SSSR count). The van der Waals surface area contributed by atoms with Gasteiger partial charge in [0.15, 0.2) is 5.69 Å². The lowest BCUT2D eigenvalue weighted by Gasteiger charge is -1.94. The number of H-pyrrole nitrogens is 2. The first-order chi connectivity index (χ1) is 8.66. The van der Waals surface area contributed by atoms with Gasteiger partial charge in [0, 0.05) is 10.9 Å². The van der Waals surface area contributed by atoms with Crippen LogP contribution in [0.3, 0.4) is 0 Å². The summed E-state index contributed by atoms with van der Waals surface area (Å²) < 4.78 is 0. The van der Waals surface area contributed by atoms with Crippen LogP contribution in [0.4, 0.5) is 0 Å². The number of hydrogen-bond donors (Lipinski definition) is 3. The van der Waals surface area contributed by atoms with Gasteiger partial charge in [-0.2, -0.15) is 0 Å². The zero-order valence-electron chi connectivity index (χ0n) is 9.69. The van der Waals surface area contributed by atoms with Crippen molar-refractivity contribution in [3.8, 4) is 11.4 Å². The molecule has 2 heterocycles. The van der Waals surface area contributed by atoms with Crippen LogP contribution in [0.2, 0.25) is 0 Å². The summed E-state index contributed by atoms with van der Waals surface area (Å²) in [6.45, 7) is 2.02. The van der Waals surface area contributed by atoms with E-state index in [0.29, 0.717) is 11.4 Å². The molecule has 0 unspecified atom stereocenters. The molecule has 0 radical (unpaired) electrons. The summed E-state index contributed by atoms with van der Waals surface area (Å²) >= 11 is 0. The fourth-order valence-corrected chi connectivity index (χ4v) is 2.10. The average Bonchev–Trinajstić information content (AvgIpc) is 2.95. The molecule has 5 nitrogen and oxygen atoms in total. The highest BCUT2D eigenvalue weighted by atomic mass is 16.4. The summed E-state index contributed by atoms with van der Waals surface area (Å²) in [6.07, 6.45) is 1.39. The Morgan fingerprint density at radius 2 is 2.22 bits per heavy atom. The van der Waals surface area contributed by atoms with E-state index < -0.39 is 5.97 Å².